The smallest absolute Gasteiger partial charge is 0.238 e. The number of nitrogens with one attached hydrogen (secondary N) is 1. The molecular weight excluding hydrogens is 248 g/mol. The summed E-state index contributed by atoms with van der Waals surface area (Å²) in [6.07, 6.45) is 3.52. The van der Waals surface area contributed by atoms with Crippen LogP contribution in [-0.4, -0.2) is 14.5 Å². The molecule has 0 aliphatic heterocycles. The van der Waals surface area contributed by atoms with E-state index in [1.54, 1.807) is 12.1 Å². The summed E-state index contributed by atoms with van der Waals surface area (Å²) in [5.41, 5.74) is 1.35. The van der Waals surface area contributed by atoms with Crippen molar-refractivity contribution in [3.63, 3.8) is 0 Å². The van der Waals surface area contributed by atoms with E-state index in [2.05, 4.69) is 19.2 Å². The van der Waals surface area contributed by atoms with E-state index in [4.69, 9.17) is 5.14 Å². The zero-order chi connectivity index (χ0) is 13.4. The molecule has 1 aromatic rings. The van der Waals surface area contributed by atoms with E-state index in [0.29, 0.717) is 11.5 Å². The minimum atomic E-state index is -3.59. The van der Waals surface area contributed by atoms with Crippen LogP contribution in [0.2, 0.25) is 0 Å². The van der Waals surface area contributed by atoms with E-state index >= 15 is 0 Å². The van der Waals surface area contributed by atoms with E-state index in [0.717, 1.165) is 18.5 Å². The van der Waals surface area contributed by atoms with Crippen LogP contribution in [0.1, 0.15) is 33.1 Å². The number of rotatable bonds is 3. The quantitative estimate of drug-likeness (QED) is 0.883. The van der Waals surface area contributed by atoms with Crippen LogP contribution in [0.15, 0.2) is 29.2 Å². The first-order valence-electron chi connectivity index (χ1n) is 6.16. The predicted octanol–water partition coefficient (Wildman–Crippen LogP) is 2.32. The number of nitrogens with two attached hydrogens (primary N) is 1. The van der Waals surface area contributed by atoms with Crippen LogP contribution >= 0.6 is 0 Å². The van der Waals surface area contributed by atoms with Crippen LogP contribution in [0.3, 0.4) is 0 Å². The highest BCUT2D eigenvalue weighted by Crippen LogP contribution is 2.38. The molecule has 5 heteroatoms. The fraction of sp³-hybridized carbons (Fsp3) is 0.538. The van der Waals surface area contributed by atoms with Crippen LogP contribution in [-0.2, 0) is 10.0 Å². The van der Waals surface area contributed by atoms with Gasteiger partial charge in [-0.25, -0.2) is 13.6 Å². The van der Waals surface area contributed by atoms with Gasteiger partial charge in [0.25, 0.3) is 0 Å². The molecule has 0 spiro atoms. The van der Waals surface area contributed by atoms with Crippen molar-refractivity contribution in [3.8, 4) is 0 Å². The van der Waals surface area contributed by atoms with E-state index in [-0.39, 0.29) is 4.90 Å². The summed E-state index contributed by atoms with van der Waals surface area (Å²) >= 11 is 0. The molecule has 4 nitrogen and oxygen atoms in total. The zero-order valence-corrected chi connectivity index (χ0v) is 11.6. The molecule has 1 atom stereocenters. The Kier molecular flexibility index (Phi) is 3.38. The molecule has 2 rings (SSSR count). The molecule has 1 aromatic carbocycles. The van der Waals surface area contributed by atoms with Gasteiger partial charge in [-0.2, -0.15) is 0 Å². The molecule has 1 unspecified atom stereocenters. The van der Waals surface area contributed by atoms with Gasteiger partial charge in [0, 0.05) is 11.7 Å². The summed E-state index contributed by atoms with van der Waals surface area (Å²) in [6, 6.07) is 7.09. The van der Waals surface area contributed by atoms with Crippen molar-refractivity contribution in [2.24, 2.45) is 10.6 Å². The number of benzene rings is 1. The first kappa shape index (κ1) is 13.4. The van der Waals surface area contributed by atoms with Crippen molar-refractivity contribution in [1.82, 2.24) is 0 Å². The Hall–Kier alpha value is -1.07. The van der Waals surface area contributed by atoms with Gasteiger partial charge in [-0.3, -0.25) is 0 Å². The molecule has 18 heavy (non-hydrogen) atoms. The minimum absolute atomic E-state index is 0.153. The first-order valence-corrected chi connectivity index (χ1v) is 7.70. The lowest BCUT2D eigenvalue weighted by Crippen LogP contribution is -2.17. The Labute approximate surface area is 109 Å². The summed E-state index contributed by atoms with van der Waals surface area (Å²) in [4.78, 5) is 0.153. The minimum Gasteiger partial charge on any atom is -0.382 e. The Morgan fingerprint density at radius 1 is 1.28 bits per heavy atom. The molecule has 0 bridgehead atoms. The Bertz CT molecular complexity index is 520. The molecule has 0 heterocycles. The second-order valence-corrected chi connectivity index (χ2v) is 7.38. The van der Waals surface area contributed by atoms with Gasteiger partial charge in [-0.15, -0.1) is 0 Å². The molecule has 1 aliphatic rings. The Balaban J connectivity index is 2.04. The Morgan fingerprint density at radius 2 is 1.89 bits per heavy atom. The Morgan fingerprint density at radius 3 is 2.33 bits per heavy atom. The topological polar surface area (TPSA) is 72.2 Å². The van der Waals surface area contributed by atoms with Crippen molar-refractivity contribution in [2.45, 2.75) is 44.0 Å². The van der Waals surface area contributed by atoms with Gasteiger partial charge in [-0.1, -0.05) is 13.8 Å². The third-order valence-corrected chi connectivity index (χ3v) is 4.45. The highest BCUT2D eigenvalue weighted by atomic mass is 32.2. The second kappa shape index (κ2) is 4.55. The summed E-state index contributed by atoms with van der Waals surface area (Å²) in [5, 5.41) is 8.50. The SMILES string of the molecule is CC1(C)CCC(Nc2ccc(S(N)(=O)=O)cc2)C1. The normalized spacial score (nSPS) is 22.9. The molecule has 0 saturated heterocycles. The standard InChI is InChI=1S/C13H20N2O2S/c1-13(2)8-7-11(9-13)15-10-3-5-12(6-4-10)18(14,16)17/h3-6,11,15H,7-9H2,1-2H3,(H2,14,16,17). The summed E-state index contributed by atoms with van der Waals surface area (Å²) in [5.74, 6) is 0. The number of primary sulfonamides is 1. The van der Waals surface area contributed by atoms with E-state index < -0.39 is 10.0 Å². The lowest BCUT2D eigenvalue weighted by atomic mass is 9.92. The summed E-state index contributed by atoms with van der Waals surface area (Å²) in [6.45, 7) is 4.55. The molecule has 0 amide bonds. The molecule has 0 aromatic heterocycles. The number of anilines is 1. The van der Waals surface area contributed by atoms with Gasteiger partial charge >= 0.3 is 0 Å². The fourth-order valence-corrected chi connectivity index (χ4v) is 3.05. The average molecular weight is 268 g/mol. The highest BCUT2D eigenvalue weighted by Gasteiger charge is 2.30. The third kappa shape index (κ3) is 3.23. The number of hydrogen-bond donors (Lipinski definition) is 2. The lowest BCUT2D eigenvalue weighted by molar-refractivity contribution is 0.378. The van der Waals surface area contributed by atoms with Crippen LogP contribution in [0.5, 0.6) is 0 Å². The van der Waals surface area contributed by atoms with E-state index in [9.17, 15) is 8.42 Å². The van der Waals surface area contributed by atoms with Crippen molar-refractivity contribution < 1.29 is 8.42 Å². The fourth-order valence-electron chi connectivity index (χ4n) is 2.54. The zero-order valence-electron chi connectivity index (χ0n) is 10.8. The maximum atomic E-state index is 11.1. The third-order valence-electron chi connectivity index (χ3n) is 3.52. The van der Waals surface area contributed by atoms with Gasteiger partial charge in [-0.05, 0) is 48.9 Å². The number of hydrogen-bond acceptors (Lipinski definition) is 3. The van der Waals surface area contributed by atoms with Crippen molar-refractivity contribution >= 4 is 15.7 Å². The molecule has 1 fully saturated rings. The van der Waals surface area contributed by atoms with E-state index in [1.165, 1.54) is 18.6 Å². The van der Waals surface area contributed by atoms with Crippen LogP contribution in [0.4, 0.5) is 5.69 Å². The van der Waals surface area contributed by atoms with Gasteiger partial charge in [0.15, 0.2) is 0 Å². The highest BCUT2D eigenvalue weighted by molar-refractivity contribution is 7.89. The monoisotopic (exact) mass is 268 g/mol. The van der Waals surface area contributed by atoms with Crippen molar-refractivity contribution in [2.75, 3.05) is 5.32 Å². The van der Waals surface area contributed by atoms with Crippen LogP contribution in [0, 0.1) is 5.41 Å². The van der Waals surface area contributed by atoms with Gasteiger partial charge in [0.1, 0.15) is 0 Å². The van der Waals surface area contributed by atoms with Gasteiger partial charge in [0.2, 0.25) is 10.0 Å². The predicted molar refractivity (Wildman–Crippen MR) is 72.9 cm³/mol. The van der Waals surface area contributed by atoms with Crippen LogP contribution < -0.4 is 10.5 Å². The maximum absolute atomic E-state index is 11.1. The molecule has 0 radical (unpaired) electrons. The average Bonchev–Trinajstić information content (AvgIpc) is 2.57. The number of sulfonamides is 1. The lowest BCUT2D eigenvalue weighted by Gasteiger charge is -2.18. The summed E-state index contributed by atoms with van der Waals surface area (Å²) in [7, 11) is -3.59. The molecule has 100 valence electrons. The molecule has 3 N–H and O–H groups in total. The molecule has 1 aliphatic carbocycles. The largest absolute Gasteiger partial charge is 0.382 e. The van der Waals surface area contributed by atoms with E-state index in [1.807, 2.05) is 0 Å². The van der Waals surface area contributed by atoms with Crippen molar-refractivity contribution in [1.29, 1.82) is 0 Å². The van der Waals surface area contributed by atoms with Crippen molar-refractivity contribution in [3.05, 3.63) is 24.3 Å². The second-order valence-electron chi connectivity index (χ2n) is 5.82. The first-order chi connectivity index (χ1) is 8.26. The molecular formula is C13H20N2O2S. The van der Waals surface area contributed by atoms with Crippen LogP contribution in [0.25, 0.3) is 0 Å². The molecule has 1 saturated carbocycles. The van der Waals surface area contributed by atoms with Gasteiger partial charge < -0.3 is 5.32 Å². The van der Waals surface area contributed by atoms with Gasteiger partial charge in [0.05, 0.1) is 4.90 Å². The maximum Gasteiger partial charge on any atom is 0.238 e. The summed E-state index contributed by atoms with van der Waals surface area (Å²) < 4.78 is 22.3.